The molecule has 1 aromatic carbocycles. The lowest BCUT2D eigenvalue weighted by Crippen LogP contribution is -2.23. The highest BCUT2D eigenvalue weighted by Gasteiger charge is 2.33. The number of nitrogens with two attached hydrogens (primary N) is 1. The zero-order valence-electron chi connectivity index (χ0n) is 14.0. The van der Waals surface area contributed by atoms with E-state index in [0.29, 0.717) is 22.2 Å². The van der Waals surface area contributed by atoms with Gasteiger partial charge in [0.05, 0.1) is 19.2 Å². The van der Waals surface area contributed by atoms with E-state index in [4.69, 9.17) is 15.2 Å². The Morgan fingerprint density at radius 1 is 1.27 bits per heavy atom. The topological polar surface area (TPSA) is 81.8 Å². The molecule has 11 heteroatoms. The van der Waals surface area contributed by atoms with Gasteiger partial charge >= 0.3 is 6.18 Å². The van der Waals surface area contributed by atoms with Crippen LogP contribution in [0.3, 0.4) is 0 Å². The molecule has 0 radical (unpaired) electrons. The van der Waals surface area contributed by atoms with E-state index in [2.05, 4.69) is 15.3 Å². The molecule has 1 heterocycles. The third kappa shape index (κ3) is 6.20. The first-order valence-corrected chi connectivity index (χ1v) is 8.02. The molecule has 2 aromatic rings. The Kier molecular flexibility index (Phi) is 8.40. The summed E-state index contributed by atoms with van der Waals surface area (Å²) in [6.07, 6.45) is -4.15. The normalized spacial score (nSPS) is 11.7. The molecule has 0 fully saturated rings. The van der Waals surface area contributed by atoms with E-state index in [1.807, 2.05) is 0 Å². The van der Waals surface area contributed by atoms with Gasteiger partial charge in [0.1, 0.15) is 0 Å². The molecule has 0 aliphatic rings. The predicted octanol–water partition coefficient (Wildman–Crippen LogP) is 3.77. The van der Waals surface area contributed by atoms with Gasteiger partial charge in [-0.05, 0) is 12.1 Å². The monoisotopic (exact) mass is 502 g/mol. The highest BCUT2D eigenvalue weighted by atomic mass is 127. The molecule has 1 aromatic heterocycles. The summed E-state index contributed by atoms with van der Waals surface area (Å²) < 4.78 is 47.8. The zero-order chi connectivity index (χ0) is 18.4. The van der Waals surface area contributed by atoms with Gasteiger partial charge in [-0.2, -0.15) is 13.2 Å². The van der Waals surface area contributed by atoms with Gasteiger partial charge in [0.15, 0.2) is 23.2 Å². The molecule has 2 rings (SSSR count). The highest BCUT2D eigenvalue weighted by Crippen LogP contribution is 2.30. The Morgan fingerprint density at radius 3 is 2.54 bits per heavy atom. The van der Waals surface area contributed by atoms with Crippen LogP contribution in [-0.2, 0) is 12.6 Å². The lowest BCUT2D eigenvalue weighted by atomic mass is 10.3. The number of guanidine groups is 1. The summed E-state index contributed by atoms with van der Waals surface area (Å²) in [5.74, 6) is 1.25. The van der Waals surface area contributed by atoms with Crippen LogP contribution in [0.1, 0.15) is 10.7 Å². The highest BCUT2D eigenvalue weighted by molar-refractivity contribution is 14.0. The molecule has 0 atom stereocenters. The second kappa shape index (κ2) is 9.80. The third-order valence-corrected chi connectivity index (χ3v) is 4.01. The second-order valence-corrected chi connectivity index (χ2v) is 5.78. The van der Waals surface area contributed by atoms with Crippen LogP contribution < -0.4 is 20.5 Å². The van der Waals surface area contributed by atoms with E-state index in [1.54, 1.807) is 18.2 Å². The first kappa shape index (κ1) is 22.3. The van der Waals surface area contributed by atoms with Crippen molar-refractivity contribution in [2.24, 2.45) is 10.7 Å². The number of halogens is 4. The summed E-state index contributed by atoms with van der Waals surface area (Å²) in [7, 11) is 3.05. The quantitative estimate of drug-likeness (QED) is 0.357. The van der Waals surface area contributed by atoms with Crippen LogP contribution in [0, 0.1) is 0 Å². The van der Waals surface area contributed by atoms with Gasteiger partial charge in [-0.25, -0.2) is 4.98 Å². The number of hydrogen-bond donors (Lipinski definition) is 2. The number of hydrogen-bond acceptors (Lipinski definition) is 5. The van der Waals surface area contributed by atoms with Crippen molar-refractivity contribution in [1.29, 1.82) is 0 Å². The van der Waals surface area contributed by atoms with Crippen molar-refractivity contribution in [1.82, 2.24) is 4.98 Å². The van der Waals surface area contributed by atoms with Crippen LogP contribution in [0.5, 0.6) is 11.5 Å². The van der Waals surface area contributed by atoms with Crippen molar-refractivity contribution < 1.29 is 22.6 Å². The van der Waals surface area contributed by atoms with E-state index < -0.39 is 11.9 Å². The second-order valence-electron chi connectivity index (χ2n) is 4.84. The maximum absolute atomic E-state index is 12.5. The number of aliphatic imine (C=N–C) groups is 1. The first-order chi connectivity index (χ1) is 11.8. The Balaban J connectivity index is 0.00000338. The number of benzene rings is 1. The van der Waals surface area contributed by atoms with Crippen LogP contribution in [0.25, 0.3) is 0 Å². The largest absolute Gasteiger partial charge is 0.493 e. The summed E-state index contributed by atoms with van der Waals surface area (Å²) in [5.41, 5.74) is 5.54. The molecular formula is C15H18F3IN4O2S. The molecule has 0 bridgehead atoms. The minimum atomic E-state index is -4.42. The number of rotatable bonds is 6. The van der Waals surface area contributed by atoms with Gasteiger partial charge in [0.2, 0.25) is 0 Å². The average molecular weight is 502 g/mol. The van der Waals surface area contributed by atoms with Crippen molar-refractivity contribution in [3.8, 4) is 11.5 Å². The Hall–Kier alpha value is -1.76. The number of nitrogens with zero attached hydrogens (tertiary/aromatic N) is 2. The van der Waals surface area contributed by atoms with Crippen LogP contribution in [0.2, 0.25) is 0 Å². The molecule has 3 N–H and O–H groups in total. The Bertz CT molecular complexity index is 753. The first-order valence-electron chi connectivity index (χ1n) is 7.14. The van der Waals surface area contributed by atoms with Crippen LogP contribution in [0.4, 0.5) is 18.9 Å². The van der Waals surface area contributed by atoms with Gasteiger partial charge in [-0.3, -0.25) is 4.99 Å². The summed E-state index contributed by atoms with van der Waals surface area (Å²) >= 11 is 0.949. The van der Waals surface area contributed by atoms with Crippen LogP contribution in [-0.4, -0.2) is 31.7 Å². The maximum Gasteiger partial charge on any atom is 0.434 e. The van der Waals surface area contributed by atoms with Crippen molar-refractivity contribution in [3.63, 3.8) is 0 Å². The van der Waals surface area contributed by atoms with Gasteiger partial charge in [-0.1, -0.05) is 0 Å². The molecule has 26 heavy (non-hydrogen) atoms. The third-order valence-electron chi connectivity index (χ3n) is 3.11. The van der Waals surface area contributed by atoms with Crippen molar-refractivity contribution in [3.05, 3.63) is 34.3 Å². The van der Waals surface area contributed by atoms with E-state index in [0.717, 1.165) is 16.7 Å². The number of aromatic nitrogens is 1. The fraction of sp³-hybridized carbons (Fsp3) is 0.333. The summed E-state index contributed by atoms with van der Waals surface area (Å²) in [6.45, 7) is 0.219. The smallest absolute Gasteiger partial charge is 0.434 e. The summed E-state index contributed by atoms with van der Waals surface area (Å²) in [6, 6.07) is 5.14. The molecule has 0 saturated heterocycles. The fourth-order valence-corrected chi connectivity index (χ4v) is 2.72. The zero-order valence-corrected chi connectivity index (χ0v) is 17.1. The van der Waals surface area contributed by atoms with E-state index in [9.17, 15) is 13.2 Å². The molecule has 0 unspecified atom stereocenters. The SMILES string of the molecule is COc1ccc(NC(N)=NCCc2nc(C(F)(F)F)cs2)cc1OC.I. The number of nitrogens with one attached hydrogen (secondary N) is 1. The number of anilines is 1. The van der Waals surface area contributed by atoms with Crippen molar-refractivity contribution in [2.75, 3.05) is 26.1 Å². The lowest BCUT2D eigenvalue weighted by molar-refractivity contribution is -0.140. The van der Waals surface area contributed by atoms with E-state index in [-0.39, 0.29) is 42.9 Å². The van der Waals surface area contributed by atoms with Gasteiger partial charge in [0.25, 0.3) is 0 Å². The predicted molar refractivity (Wildman–Crippen MR) is 106 cm³/mol. The summed E-state index contributed by atoms with van der Waals surface area (Å²) in [4.78, 5) is 7.62. The number of thiazole rings is 1. The van der Waals surface area contributed by atoms with Gasteiger partial charge in [-0.15, -0.1) is 35.3 Å². The number of methoxy groups -OCH3 is 2. The lowest BCUT2D eigenvalue weighted by Gasteiger charge is -2.10. The van der Waals surface area contributed by atoms with Gasteiger partial charge in [0, 0.05) is 30.1 Å². The van der Waals surface area contributed by atoms with Crippen LogP contribution in [0.15, 0.2) is 28.6 Å². The molecule has 144 valence electrons. The maximum atomic E-state index is 12.5. The number of alkyl halides is 3. The van der Waals surface area contributed by atoms with Gasteiger partial charge < -0.3 is 20.5 Å². The molecule has 6 nitrogen and oxygen atoms in total. The molecule has 0 aliphatic heterocycles. The molecule has 0 aliphatic carbocycles. The fourth-order valence-electron chi connectivity index (χ4n) is 1.93. The molecule has 0 saturated carbocycles. The molecule has 0 amide bonds. The van der Waals surface area contributed by atoms with Crippen molar-refractivity contribution in [2.45, 2.75) is 12.6 Å². The Morgan fingerprint density at radius 2 is 1.96 bits per heavy atom. The average Bonchev–Trinajstić information content (AvgIpc) is 3.04. The number of ether oxygens (including phenoxy) is 2. The van der Waals surface area contributed by atoms with Crippen molar-refractivity contribution >= 4 is 47.0 Å². The van der Waals surface area contributed by atoms with Crippen LogP contribution >= 0.6 is 35.3 Å². The standard InChI is InChI=1S/C15H17F3N4O2S.HI/c1-23-10-4-3-9(7-11(10)24-2)21-14(19)20-6-5-13-22-12(8-25-13)15(16,17)18;/h3-4,7-8H,5-6H2,1-2H3,(H3,19,20,21);1H. The minimum absolute atomic E-state index is 0. The summed E-state index contributed by atoms with van der Waals surface area (Å²) in [5, 5.41) is 4.23. The molecular weight excluding hydrogens is 484 g/mol. The molecule has 0 spiro atoms. The minimum Gasteiger partial charge on any atom is -0.493 e. The van der Waals surface area contributed by atoms with E-state index >= 15 is 0 Å². The van der Waals surface area contributed by atoms with E-state index in [1.165, 1.54) is 14.2 Å². The Labute approximate surface area is 169 Å².